The van der Waals surface area contributed by atoms with Crippen molar-refractivity contribution in [3.8, 4) is 0 Å². The van der Waals surface area contributed by atoms with E-state index in [2.05, 4.69) is 5.32 Å². The number of allylic oxidation sites excluding steroid dienone is 2. The van der Waals surface area contributed by atoms with Crippen molar-refractivity contribution in [1.82, 2.24) is 5.32 Å². The number of fused-ring (bicyclic) bond motifs is 2. The Labute approximate surface area is 136 Å². The molecule has 0 saturated heterocycles. The number of anilines is 1. The molecule has 0 saturated carbocycles. The summed E-state index contributed by atoms with van der Waals surface area (Å²) >= 11 is 6.28. The molecular weight excluding hydrogens is 320 g/mol. The van der Waals surface area contributed by atoms with Crippen LogP contribution in [0.15, 0.2) is 47.0 Å². The number of rotatable bonds is 1. The van der Waals surface area contributed by atoms with Gasteiger partial charge in [0.25, 0.3) is 0 Å². The summed E-state index contributed by atoms with van der Waals surface area (Å²) in [5.74, 6) is -0.239. The fourth-order valence-corrected chi connectivity index (χ4v) is 5.34. The minimum absolute atomic E-state index is 0.112. The molecule has 118 valence electrons. The summed E-state index contributed by atoms with van der Waals surface area (Å²) in [4.78, 5) is 0. The summed E-state index contributed by atoms with van der Waals surface area (Å²) < 4.78 is 27.4. The van der Waals surface area contributed by atoms with E-state index < -0.39 is 15.3 Å². The SMILES string of the molecule is CNC1c2ccccc2N(C)S(=O)(=O)C2C=C(C)C(Cl)=CC12. The monoisotopic (exact) mass is 338 g/mol. The number of hydrogen-bond donors (Lipinski definition) is 1. The Morgan fingerprint density at radius 2 is 1.91 bits per heavy atom. The van der Waals surface area contributed by atoms with Crippen LogP contribution in [0.3, 0.4) is 0 Å². The van der Waals surface area contributed by atoms with Gasteiger partial charge in [-0.25, -0.2) is 8.42 Å². The topological polar surface area (TPSA) is 49.4 Å². The van der Waals surface area contributed by atoms with Gasteiger partial charge in [-0.15, -0.1) is 0 Å². The zero-order valence-corrected chi connectivity index (χ0v) is 14.3. The molecule has 2 aliphatic rings. The third-order valence-corrected chi connectivity index (χ3v) is 7.06. The lowest BCUT2D eigenvalue weighted by molar-refractivity contribution is 0.449. The lowest BCUT2D eigenvalue weighted by Gasteiger charge is -2.31. The molecule has 0 amide bonds. The molecule has 0 aromatic heterocycles. The third kappa shape index (κ3) is 2.19. The fraction of sp³-hybridized carbons (Fsp3) is 0.375. The van der Waals surface area contributed by atoms with Crippen molar-refractivity contribution in [1.29, 1.82) is 0 Å². The van der Waals surface area contributed by atoms with Gasteiger partial charge in [-0.3, -0.25) is 4.31 Å². The van der Waals surface area contributed by atoms with Gasteiger partial charge in [-0.2, -0.15) is 0 Å². The lowest BCUT2D eigenvalue weighted by atomic mass is 9.85. The van der Waals surface area contributed by atoms with E-state index >= 15 is 0 Å². The van der Waals surface area contributed by atoms with Crippen LogP contribution in [-0.4, -0.2) is 27.8 Å². The van der Waals surface area contributed by atoms with E-state index in [0.717, 1.165) is 11.1 Å². The summed E-state index contributed by atoms with van der Waals surface area (Å²) in [5.41, 5.74) is 2.49. The van der Waals surface area contributed by atoms with Gasteiger partial charge in [0.05, 0.1) is 5.69 Å². The van der Waals surface area contributed by atoms with E-state index in [1.807, 2.05) is 44.3 Å². The minimum atomic E-state index is -3.50. The third-order valence-electron chi connectivity index (χ3n) is 4.54. The molecule has 1 aromatic carbocycles. The quantitative estimate of drug-likeness (QED) is 0.856. The van der Waals surface area contributed by atoms with Crippen molar-refractivity contribution in [2.75, 3.05) is 18.4 Å². The zero-order chi connectivity index (χ0) is 16.1. The minimum Gasteiger partial charge on any atom is -0.312 e. The van der Waals surface area contributed by atoms with Crippen LogP contribution in [0.1, 0.15) is 18.5 Å². The van der Waals surface area contributed by atoms with Crippen molar-refractivity contribution in [2.24, 2.45) is 5.92 Å². The predicted octanol–water partition coefficient (Wildman–Crippen LogP) is 2.79. The molecular formula is C16H19ClN2O2S. The molecule has 1 aliphatic heterocycles. The average molecular weight is 339 g/mol. The van der Waals surface area contributed by atoms with Crippen LogP contribution in [0, 0.1) is 5.92 Å². The van der Waals surface area contributed by atoms with Crippen molar-refractivity contribution in [3.63, 3.8) is 0 Å². The van der Waals surface area contributed by atoms with E-state index in [1.165, 1.54) is 4.31 Å². The number of halogens is 1. The maximum Gasteiger partial charge on any atom is 0.242 e. The van der Waals surface area contributed by atoms with Crippen LogP contribution in [0.25, 0.3) is 0 Å². The largest absolute Gasteiger partial charge is 0.312 e. The van der Waals surface area contributed by atoms with Crippen LogP contribution in [-0.2, 0) is 10.0 Å². The van der Waals surface area contributed by atoms with Crippen molar-refractivity contribution in [2.45, 2.75) is 18.2 Å². The molecule has 0 bridgehead atoms. The van der Waals surface area contributed by atoms with Crippen molar-refractivity contribution < 1.29 is 8.42 Å². The molecule has 3 atom stereocenters. The normalized spacial score (nSPS) is 29.8. The fourth-order valence-electron chi connectivity index (χ4n) is 3.32. The van der Waals surface area contributed by atoms with Crippen molar-refractivity contribution >= 4 is 27.3 Å². The summed E-state index contributed by atoms with van der Waals surface area (Å²) in [6.45, 7) is 1.84. The van der Waals surface area contributed by atoms with Gasteiger partial charge in [0.1, 0.15) is 5.25 Å². The summed E-state index contributed by atoms with van der Waals surface area (Å²) in [6, 6.07) is 7.49. The van der Waals surface area contributed by atoms with E-state index in [9.17, 15) is 8.42 Å². The van der Waals surface area contributed by atoms with Crippen molar-refractivity contribution in [3.05, 3.63) is 52.6 Å². The molecule has 0 radical (unpaired) electrons. The Bertz CT molecular complexity index is 770. The molecule has 4 nitrogen and oxygen atoms in total. The highest BCUT2D eigenvalue weighted by molar-refractivity contribution is 7.93. The second-order valence-corrected chi connectivity index (χ2v) is 8.27. The molecule has 6 heteroatoms. The van der Waals surface area contributed by atoms with E-state index in [0.29, 0.717) is 10.7 Å². The van der Waals surface area contributed by atoms with E-state index in [4.69, 9.17) is 11.6 Å². The Morgan fingerprint density at radius 3 is 2.59 bits per heavy atom. The van der Waals surface area contributed by atoms with Gasteiger partial charge in [-0.1, -0.05) is 42.0 Å². The van der Waals surface area contributed by atoms with Gasteiger partial charge >= 0.3 is 0 Å². The molecule has 3 unspecified atom stereocenters. The highest BCUT2D eigenvalue weighted by Crippen LogP contribution is 2.44. The molecule has 0 spiro atoms. The van der Waals surface area contributed by atoms with Gasteiger partial charge in [0, 0.05) is 24.0 Å². The summed E-state index contributed by atoms with van der Waals surface area (Å²) in [5, 5.41) is 3.27. The van der Waals surface area contributed by atoms with Gasteiger partial charge in [0.15, 0.2) is 0 Å². The molecule has 1 N–H and O–H groups in total. The molecule has 1 aliphatic carbocycles. The van der Waals surface area contributed by atoms with Gasteiger partial charge in [-0.05, 0) is 31.2 Å². The van der Waals surface area contributed by atoms with E-state index in [-0.39, 0.29) is 12.0 Å². The Morgan fingerprint density at radius 1 is 1.23 bits per heavy atom. The highest BCUT2D eigenvalue weighted by atomic mass is 35.5. The number of hydrogen-bond acceptors (Lipinski definition) is 3. The number of para-hydroxylation sites is 1. The number of nitrogens with one attached hydrogen (secondary N) is 1. The standard InChI is InChI=1S/C16H19ClN2O2S/c1-10-8-15-12(9-13(10)17)16(18-2)11-6-4-5-7-14(11)19(3)22(15,20)21/h4-9,12,15-16,18H,1-3H3. The second kappa shape index (κ2) is 5.41. The molecule has 22 heavy (non-hydrogen) atoms. The first-order valence-corrected chi connectivity index (χ1v) is 9.06. The van der Waals surface area contributed by atoms with Gasteiger partial charge < -0.3 is 5.32 Å². The lowest BCUT2D eigenvalue weighted by Crippen LogP contribution is -2.40. The van der Waals surface area contributed by atoms with Crippen LogP contribution < -0.4 is 9.62 Å². The van der Waals surface area contributed by atoms with E-state index in [1.54, 1.807) is 13.1 Å². The van der Waals surface area contributed by atoms with Crippen LogP contribution in [0.5, 0.6) is 0 Å². The molecule has 3 rings (SSSR count). The number of sulfonamides is 1. The smallest absolute Gasteiger partial charge is 0.242 e. The summed E-state index contributed by atoms with van der Waals surface area (Å²) in [7, 11) is -0.0298. The Hall–Kier alpha value is -1.30. The molecule has 1 aromatic rings. The number of nitrogens with zero attached hydrogens (tertiary/aromatic N) is 1. The summed E-state index contributed by atoms with van der Waals surface area (Å²) in [6.07, 6.45) is 3.64. The average Bonchev–Trinajstić information content (AvgIpc) is 2.56. The maximum absolute atomic E-state index is 13.0. The second-order valence-electron chi connectivity index (χ2n) is 5.74. The Kier molecular flexibility index (Phi) is 3.83. The zero-order valence-electron chi connectivity index (χ0n) is 12.7. The van der Waals surface area contributed by atoms with Crippen LogP contribution in [0.4, 0.5) is 5.69 Å². The first kappa shape index (κ1) is 15.6. The van der Waals surface area contributed by atoms with Gasteiger partial charge in [0.2, 0.25) is 10.0 Å². The molecule has 1 heterocycles. The number of benzene rings is 1. The first-order valence-electron chi connectivity index (χ1n) is 7.18. The Balaban J connectivity index is 2.29. The predicted molar refractivity (Wildman–Crippen MR) is 90.5 cm³/mol. The maximum atomic E-state index is 13.0. The van der Waals surface area contributed by atoms with Crippen LogP contribution >= 0.6 is 11.6 Å². The molecule has 0 fully saturated rings. The first-order chi connectivity index (χ1) is 10.4. The highest BCUT2D eigenvalue weighted by Gasteiger charge is 2.44. The van der Waals surface area contributed by atoms with Crippen LogP contribution in [0.2, 0.25) is 0 Å².